The van der Waals surface area contributed by atoms with E-state index in [9.17, 15) is 9.59 Å². The molecule has 42 heavy (non-hydrogen) atoms. The van der Waals surface area contributed by atoms with E-state index in [1.54, 1.807) is 31.4 Å². The molecule has 4 rings (SSSR count). The summed E-state index contributed by atoms with van der Waals surface area (Å²) in [4.78, 5) is 27.6. The molecule has 6 unspecified atom stereocenters. The van der Waals surface area contributed by atoms with Gasteiger partial charge in [-0.2, -0.15) is 0 Å². The number of halogens is 1. The molecule has 2 aromatic carbocycles. The summed E-state index contributed by atoms with van der Waals surface area (Å²) in [5.74, 6) is 1.36. The summed E-state index contributed by atoms with van der Waals surface area (Å²) in [6.07, 6.45) is 5.06. The Balaban J connectivity index is 1.83. The van der Waals surface area contributed by atoms with Gasteiger partial charge >= 0.3 is 0 Å². The number of ether oxygens (including phenoxy) is 2. The molecule has 3 N–H and O–H groups in total. The molecule has 7 nitrogen and oxygen atoms in total. The highest BCUT2D eigenvalue weighted by Gasteiger charge is 2.53. The van der Waals surface area contributed by atoms with Gasteiger partial charge in [-0.25, -0.2) is 0 Å². The van der Waals surface area contributed by atoms with Gasteiger partial charge in [-0.1, -0.05) is 58.2 Å². The molecule has 0 radical (unpaired) electrons. The van der Waals surface area contributed by atoms with Gasteiger partial charge in [-0.3, -0.25) is 9.59 Å². The van der Waals surface area contributed by atoms with Crippen molar-refractivity contribution in [2.24, 2.45) is 17.8 Å². The second-order valence-electron chi connectivity index (χ2n) is 11.8. The maximum atomic E-state index is 14.1. The lowest BCUT2D eigenvalue weighted by Crippen LogP contribution is -2.65. The number of piperidine rings is 1. The van der Waals surface area contributed by atoms with Crippen LogP contribution in [0.1, 0.15) is 88.6 Å². The molecule has 2 amide bonds. The SMILES string of the molecule is CCCOc1cc([C@@H]2C3C(C)NC(CC)C(CCC)C(CC)C3NC(=O)[C@H]2NC(=O)c2ccc(Cl)cc2)ccc1OC. The van der Waals surface area contributed by atoms with Gasteiger partial charge in [0.1, 0.15) is 6.04 Å². The zero-order valence-corrected chi connectivity index (χ0v) is 26.7. The lowest BCUT2D eigenvalue weighted by atomic mass is 9.65. The van der Waals surface area contributed by atoms with Crippen LogP contribution in [0, 0.1) is 17.8 Å². The monoisotopic (exact) mass is 597 g/mol. The van der Waals surface area contributed by atoms with E-state index in [4.69, 9.17) is 21.1 Å². The van der Waals surface area contributed by atoms with Gasteiger partial charge in [0.25, 0.3) is 5.91 Å². The lowest BCUT2D eigenvalue weighted by Gasteiger charge is -2.48. The van der Waals surface area contributed by atoms with Gasteiger partial charge in [0.15, 0.2) is 11.5 Å². The van der Waals surface area contributed by atoms with Crippen LogP contribution in [0.3, 0.4) is 0 Å². The van der Waals surface area contributed by atoms with Crippen molar-refractivity contribution in [3.63, 3.8) is 0 Å². The first-order chi connectivity index (χ1) is 20.3. The van der Waals surface area contributed by atoms with Crippen LogP contribution >= 0.6 is 11.6 Å². The highest BCUT2D eigenvalue weighted by atomic mass is 35.5. The van der Waals surface area contributed by atoms with Gasteiger partial charge in [0.05, 0.1) is 13.7 Å². The Labute approximate surface area is 256 Å². The number of nitrogens with one attached hydrogen (secondary N) is 3. The molecule has 0 saturated carbocycles. The first kappa shape index (κ1) is 32.2. The molecular weight excluding hydrogens is 550 g/mol. The molecule has 8 heteroatoms. The Morgan fingerprint density at radius 3 is 2.33 bits per heavy atom. The van der Waals surface area contributed by atoms with E-state index in [-0.39, 0.29) is 35.7 Å². The first-order valence-corrected chi connectivity index (χ1v) is 16.1. The van der Waals surface area contributed by atoms with Gasteiger partial charge in [-0.15, -0.1) is 0 Å². The maximum absolute atomic E-state index is 14.1. The molecule has 0 bridgehead atoms. The van der Waals surface area contributed by atoms with Crippen molar-refractivity contribution < 1.29 is 19.1 Å². The lowest BCUT2D eigenvalue weighted by molar-refractivity contribution is -0.129. The molecule has 230 valence electrons. The molecule has 2 aromatic rings. The number of amides is 2. The molecule has 2 heterocycles. The summed E-state index contributed by atoms with van der Waals surface area (Å²) in [6, 6.07) is 12.3. The number of fused-ring (bicyclic) bond motifs is 1. The fraction of sp³-hybridized carbons (Fsp3) is 0.588. The average molecular weight is 598 g/mol. The van der Waals surface area contributed by atoms with Crippen molar-refractivity contribution in [3.05, 3.63) is 58.6 Å². The third kappa shape index (κ3) is 6.73. The molecule has 2 aliphatic rings. The Morgan fingerprint density at radius 1 is 0.976 bits per heavy atom. The minimum Gasteiger partial charge on any atom is -0.493 e. The van der Waals surface area contributed by atoms with E-state index >= 15 is 0 Å². The predicted molar refractivity (Wildman–Crippen MR) is 169 cm³/mol. The normalized spacial score (nSPS) is 29.2. The quantitative estimate of drug-likeness (QED) is 0.281. The Morgan fingerprint density at radius 2 is 1.71 bits per heavy atom. The molecule has 2 fully saturated rings. The van der Waals surface area contributed by atoms with Gasteiger partial charge in [0, 0.05) is 40.5 Å². The van der Waals surface area contributed by atoms with Gasteiger partial charge in [-0.05, 0) is 80.0 Å². The predicted octanol–water partition coefficient (Wildman–Crippen LogP) is 6.35. The topological polar surface area (TPSA) is 88.7 Å². The van der Waals surface area contributed by atoms with E-state index in [2.05, 4.69) is 50.6 Å². The Hall–Kier alpha value is -2.77. The molecule has 0 aromatic heterocycles. The molecule has 2 aliphatic heterocycles. The van der Waals surface area contributed by atoms with Crippen molar-refractivity contribution >= 4 is 23.4 Å². The van der Waals surface area contributed by atoms with Crippen LogP contribution in [0.4, 0.5) is 0 Å². The Kier molecular flexibility index (Phi) is 11.2. The second kappa shape index (κ2) is 14.6. The molecule has 8 atom stereocenters. The molecule has 0 spiro atoms. The number of rotatable bonds is 11. The maximum Gasteiger partial charge on any atom is 0.251 e. The summed E-state index contributed by atoms with van der Waals surface area (Å²) >= 11 is 6.08. The van der Waals surface area contributed by atoms with Crippen LogP contribution in [0.15, 0.2) is 42.5 Å². The van der Waals surface area contributed by atoms with Crippen molar-refractivity contribution in [2.75, 3.05) is 13.7 Å². The number of carbonyl (C=O) groups is 2. The van der Waals surface area contributed by atoms with Crippen LogP contribution < -0.4 is 25.4 Å². The number of carbonyl (C=O) groups excluding carboxylic acids is 2. The van der Waals surface area contributed by atoms with Gasteiger partial charge in [0.2, 0.25) is 5.91 Å². The van der Waals surface area contributed by atoms with E-state index < -0.39 is 6.04 Å². The minimum absolute atomic E-state index is 0.0334. The second-order valence-corrected chi connectivity index (χ2v) is 12.3. The standard InChI is InChI=1S/C34H48ClN3O4/c1-7-11-25-24(9-3)31-29(20(5)36-26(25)10-4)30(22-14-17-27(41-6)28(19-22)42-18-8-2)32(34(40)37-31)38-33(39)21-12-15-23(35)16-13-21/h12-17,19-20,24-26,29-32,36H,7-11,18H2,1-6H3,(H,37,40)(H,38,39)/t20?,24?,25?,26?,29?,30-,31?,32+/m1/s1. The van der Waals surface area contributed by atoms with Gasteiger partial charge < -0.3 is 25.4 Å². The van der Waals surface area contributed by atoms with E-state index in [1.165, 1.54) is 0 Å². The fourth-order valence-corrected chi connectivity index (χ4v) is 7.58. The van der Waals surface area contributed by atoms with E-state index in [0.29, 0.717) is 46.6 Å². The third-order valence-electron chi connectivity index (χ3n) is 9.32. The summed E-state index contributed by atoms with van der Waals surface area (Å²) in [7, 11) is 1.63. The molecule has 2 saturated heterocycles. The largest absolute Gasteiger partial charge is 0.493 e. The molecular formula is C34H48ClN3O4. The van der Waals surface area contributed by atoms with E-state index in [0.717, 1.165) is 37.7 Å². The van der Waals surface area contributed by atoms with Crippen LogP contribution in [0.2, 0.25) is 5.02 Å². The zero-order chi connectivity index (χ0) is 30.4. The van der Waals surface area contributed by atoms with Crippen molar-refractivity contribution in [3.8, 4) is 11.5 Å². The summed E-state index contributed by atoms with van der Waals surface area (Å²) < 4.78 is 11.7. The minimum atomic E-state index is -0.772. The number of methoxy groups -OCH3 is 1. The zero-order valence-electron chi connectivity index (χ0n) is 25.9. The fourth-order valence-electron chi connectivity index (χ4n) is 7.46. The summed E-state index contributed by atoms with van der Waals surface area (Å²) in [6.45, 7) is 11.6. The highest BCUT2D eigenvalue weighted by molar-refractivity contribution is 6.30. The van der Waals surface area contributed by atoms with Crippen molar-refractivity contribution in [2.45, 2.75) is 96.8 Å². The van der Waals surface area contributed by atoms with Crippen LogP contribution in [0.5, 0.6) is 11.5 Å². The van der Waals surface area contributed by atoms with Crippen molar-refractivity contribution in [1.29, 1.82) is 0 Å². The molecule has 0 aliphatic carbocycles. The first-order valence-electron chi connectivity index (χ1n) is 15.7. The average Bonchev–Trinajstić information content (AvgIpc) is 3.10. The summed E-state index contributed by atoms with van der Waals surface area (Å²) in [5, 5.41) is 11.1. The smallest absolute Gasteiger partial charge is 0.251 e. The van der Waals surface area contributed by atoms with Crippen molar-refractivity contribution in [1.82, 2.24) is 16.0 Å². The summed E-state index contributed by atoms with van der Waals surface area (Å²) in [5.41, 5.74) is 1.42. The number of hydrogen-bond donors (Lipinski definition) is 3. The number of hydrogen-bond acceptors (Lipinski definition) is 5. The highest BCUT2D eigenvalue weighted by Crippen LogP contribution is 2.46. The van der Waals surface area contributed by atoms with Crippen LogP contribution in [0.25, 0.3) is 0 Å². The third-order valence-corrected chi connectivity index (χ3v) is 9.57. The van der Waals surface area contributed by atoms with Crippen LogP contribution in [-0.4, -0.2) is 49.7 Å². The van der Waals surface area contributed by atoms with E-state index in [1.807, 2.05) is 18.2 Å². The Bertz CT molecular complexity index is 1210. The number of benzene rings is 2. The van der Waals surface area contributed by atoms with Crippen LogP contribution in [-0.2, 0) is 4.79 Å².